The maximum atomic E-state index is 14.1. The molecular formula is C52H103N3O2. The lowest BCUT2D eigenvalue weighted by Crippen LogP contribution is -2.54. The molecule has 57 heavy (non-hydrogen) atoms. The SMILES string of the molecule is CCCCCCCC/C=C\CCCCCCCC(=O)N(CCCN(CC)CC)C(C(=O)NCCCCCCCCCCCCCCCCCC)C(CC)CCCC. The summed E-state index contributed by atoms with van der Waals surface area (Å²) in [5.41, 5.74) is 0. The van der Waals surface area contributed by atoms with Crippen molar-refractivity contribution < 1.29 is 9.59 Å². The maximum absolute atomic E-state index is 14.1. The van der Waals surface area contributed by atoms with Crippen molar-refractivity contribution in [3.05, 3.63) is 12.2 Å². The zero-order chi connectivity index (χ0) is 41.9. The van der Waals surface area contributed by atoms with E-state index in [0.717, 1.165) is 77.5 Å². The van der Waals surface area contributed by atoms with Crippen molar-refractivity contribution >= 4 is 11.8 Å². The van der Waals surface area contributed by atoms with Crippen molar-refractivity contribution in [1.29, 1.82) is 0 Å². The fourth-order valence-electron chi connectivity index (χ4n) is 8.56. The molecule has 0 saturated heterocycles. The Balaban J connectivity index is 4.86. The van der Waals surface area contributed by atoms with Crippen LogP contribution in [0.15, 0.2) is 12.2 Å². The molecule has 0 aromatic carbocycles. The average Bonchev–Trinajstić information content (AvgIpc) is 3.22. The van der Waals surface area contributed by atoms with Crippen LogP contribution < -0.4 is 5.32 Å². The first kappa shape index (κ1) is 55.6. The minimum Gasteiger partial charge on any atom is -0.354 e. The van der Waals surface area contributed by atoms with Crippen LogP contribution >= 0.6 is 0 Å². The predicted octanol–water partition coefficient (Wildman–Crippen LogP) is 15.5. The van der Waals surface area contributed by atoms with Crippen molar-refractivity contribution in [3.8, 4) is 0 Å². The second-order valence-corrected chi connectivity index (χ2v) is 17.7. The third kappa shape index (κ3) is 34.1. The molecule has 0 aromatic heterocycles. The van der Waals surface area contributed by atoms with Crippen LogP contribution in [0.3, 0.4) is 0 Å². The number of unbranched alkanes of at least 4 members (excludes halogenated alkanes) is 27. The summed E-state index contributed by atoms with van der Waals surface area (Å²) in [7, 11) is 0. The largest absolute Gasteiger partial charge is 0.354 e. The zero-order valence-electron chi connectivity index (χ0n) is 39.8. The van der Waals surface area contributed by atoms with Crippen molar-refractivity contribution in [1.82, 2.24) is 15.1 Å². The van der Waals surface area contributed by atoms with Gasteiger partial charge < -0.3 is 15.1 Å². The quantitative estimate of drug-likeness (QED) is 0.0493. The zero-order valence-corrected chi connectivity index (χ0v) is 39.8. The number of amides is 2. The Morgan fingerprint density at radius 1 is 0.474 bits per heavy atom. The molecule has 1 N–H and O–H groups in total. The number of rotatable bonds is 45. The molecule has 0 aliphatic rings. The van der Waals surface area contributed by atoms with E-state index in [2.05, 4.69) is 63.9 Å². The van der Waals surface area contributed by atoms with E-state index in [1.54, 1.807) is 0 Å². The monoisotopic (exact) mass is 802 g/mol. The van der Waals surface area contributed by atoms with Crippen LogP contribution in [-0.2, 0) is 9.59 Å². The lowest BCUT2D eigenvalue weighted by molar-refractivity contribution is -0.143. The smallest absolute Gasteiger partial charge is 0.243 e. The minimum atomic E-state index is -0.352. The Bertz CT molecular complexity index is 871. The second kappa shape index (κ2) is 44.2. The highest BCUT2D eigenvalue weighted by molar-refractivity contribution is 5.88. The van der Waals surface area contributed by atoms with Gasteiger partial charge in [-0.15, -0.1) is 0 Å². The van der Waals surface area contributed by atoms with Crippen molar-refractivity contribution in [2.75, 3.05) is 32.7 Å². The first-order chi connectivity index (χ1) is 28.0. The van der Waals surface area contributed by atoms with E-state index in [4.69, 9.17) is 0 Å². The Morgan fingerprint density at radius 2 is 0.895 bits per heavy atom. The van der Waals surface area contributed by atoms with E-state index >= 15 is 0 Å². The highest BCUT2D eigenvalue weighted by Gasteiger charge is 2.35. The average molecular weight is 802 g/mol. The van der Waals surface area contributed by atoms with E-state index in [1.165, 1.54) is 167 Å². The summed E-state index contributed by atoms with van der Waals surface area (Å²) in [6, 6.07) is -0.352. The molecule has 5 nitrogen and oxygen atoms in total. The Hall–Kier alpha value is -1.36. The molecule has 5 heteroatoms. The van der Waals surface area contributed by atoms with Gasteiger partial charge in [0.2, 0.25) is 11.8 Å². The van der Waals surface area contributed by atoms with Gasteiger partial charge in [-0.05, 0) is 76.9 Å². The molecule has 0 saturated carbocycles. The lowest BCUT2D eigenvalue weighted by atomic mass is 9.89. The summed E-state index contributed by atoms with van der Waals surface area (Å²) in [5, 5.41) is 3.35. The molecule has 0 radical (unpaired) electrons. The molecule has 0 aliphatic carbocycles. The molecule has 0 fully saturated rings. The van der Waals surface area contributed by atoms with Gasteiger partial charge >= 0.3 is 0 Å². The van der Waals surface area contributed by atoms with Crippen molar-refractivity contribution in [3.63, 3.8) is 0 Å². The summed E-state index contributed by atoms with van der Waals surface area (Å²) < 4.78 is 0. The normalized spacial score (nSPS) is 12.8. The van der Waals surface area contributed by atoms with E-state index in [0.29, 0.717) is 13.0 Å². The van der Waals surface area contributed by atoms with Gasteiger partial charge in [0.25, 0.3) is 0 Å². The van der Waals surface area contributed by atoms with E-state index in [9.17, 15) is 9.59 Å². The Labute approximate surface area is 358 Å². The van der Waals surface area contributed by atoms with Gasteiger partial charge in [0.1, 0.15) is 6.04 Å². The number of carbonyl (C=O) groups is 2. The third-order valence-electron chi connectivity index (χ3n) is 12.6. The van der Waals surface area contributed by atoms with Crippen LogP contribution in [0.25, 0.3) is 0 Å². The molecule has 0 rings (SSSR count). The van der Waals surface area contributed by atoms with Crippen LogP contribution in [0, 0.1) is 5.92 Å². The van der Waals surface area contributed by atoms with Gasteiger partial charge in [-0.3, -0.25) is 9.59 Å². The highest BCUT2D eigenvalue weighted by Crippen LogP contribution is 2.24. The number of nitrogens with one attached hydrogen (secondary N) is 1. The number of nitrogens with zero attached hydrogens (tertiary/aromatic N) is 2. The van der Waals surface area contributed by atoms with Crippen molar-refractivity contribution in [2.24, 2.45) is 5.92 Å². The van der Waals surface area contributed by atoms with E-state index < -0.39 is 0 Å². The number of carbonyl (C=O) groups excluding carboxylic acids is 2. The number of hydrogen-bond acceptors (Lipinski definition) is 3. The summed E-state index contributed by atoms with van der Waals surface area (Å²) in [5.74, 6) is 0.506. The fraction of sp³-hybridized carbons (Fsp3) is 0.923. The Kier molecular flexibility index (Phi) is 43.1. The summed E-state index contributed by atoms with van der Waals surface area (Å²) in [4.78, 5) is 32.7. The lowest BCUT2D eigenvalue weighted by Gasteiger charge is -2.37. The van der Waals surface area contributed by atoms with Gasteiger partial charge in [-0.1, -0.05) is 221 Å². The van der Waals surface area contributed by atoms with Crippen LogP contribution in [0.1, 0.15) is 266 Å². The van der Waals surface area contributed by atoms with Gasteiger partial charge in [0.15, 0.2) is 0 Å². The molecule has 0 spiro atoms. The second-order valence-electron chi connectivity index (χ2n) is 17.7. The molecule has 0 aliphatic heterocycles. The standard InChI is InChI=1S/C52H103N3O2/c1-7-13-16-18-20-22-24-26-28-30-32-34-36-38-40-42-46-53-52(57)51(49(10-4)44-15-9-3)55(48-43-47-54(11-5)12-6)50(56)45-41-39-37-35-33-31-29-27-25-23-21-19-17-14-8-2/h27,29,49,51H,7-26,28,30-48H2,1-6H3,(H,53,57)/b29-27-. The topological polar surface area (TPSA) is 52.7 Å². The van der Waals surface area contributed by atoms with Crippen molar-refractivity contribution in [2.45, 2.75) is 272 Å². The molecule has 338 valence electrons. The number of hydrogen-bond donors (Lipinski definition) is 1. The summed E-state index contributed by atoms with van der Waals surface area (Å²) in [6.45, 7) is 17.9. The van der Waals surface area contributed by atoms with E-state index in [-0.39, 0.29) is 23.8 Å². The van der Waals surface area contributed by atoms with Crippen LogP contribution in [-0.4, -0.2) is 60.4 Å². The van der Waals surface area contributed by atoms with Gasteiger partial charge in [-0.25, -0.2) is 0 Å². The summed E-state index contributed by atoms with van der Waals surface area (Å²) in [6.07, 6.45) is 48.4. The van der Waals surface area contributed by atoms with Crippen LogP contribution in [0.4, 0.5) is 0 Å². The predicted molar refractivity (Wildman–Crippen MR) is 253 cm³/mol. The molecule has 0 aromatic rings. The third-order valence-corrected chi connectivity index (χ3v) is 12.6. The molecule has 2 unspecified atom stereocenters. The number of allylic oxidation sites excluding steroid dienone is 2. The molecule has 0 heterocycles. The van der Waals surface area contributed by atoms with Crippen LogP contribution in [0.5, 0.6) is 0 Å². The molecule has 2 amide bonds. The van der Waals surface area contributed by atoms with Gasteiger partial charge in [-0.2, -0.15) is 0 Å². The van der Waals surface area contributed by atoms with Gasteiger partial charge in [0, 0.05) is 19.5 Å². The molecular weight excluding hydrogens is 699 g/mol. The van der Waals surface area contributed by atoms with Gasteiger partial charge in [0.05, 0.1) is 0 Å². The van der Waals surface area contributed by atoms with E-state index in [1.807, 2.05) is 4.90 Å². The fourth-order valence-corrected chi connectivity index (χ4v) is 8.56. The Morgan fingerprint density at radius 3 is 1.33 bits per heavy atom. The molecule has 0 bridgehead atoms. The first-order valence-electron chi connectivity index (χ1n) is 25.9. The van der Waals surface area contributed by atoms with Crippen LogP contribution in [0.2, 0.25) is 0 Å². The maximum Gasteiger partial charge on any atom is 0.243 e. The highest BCUT2D eigenvalue weighted by atomic mass is 16.2. The molecule has 2 atom stereocenters. The summed E-state index contributed by atoms with van der Waals surface area (Å²) >= 11 is 0. The minimum absolute atomic E-state index is 0.0969. The first-order valence-corrected chi connectivity index (χ1v) is 25.9.